The van der Waals surface area contributed by atoms with E-state index in [-0.39, 0.29) is 0 Å². The van der Waals surface area contributed by atoms with Crippen molar-refractivity contribution in [3.63, 3.8) is 0 Å². The average Bonchev–Trinajstić information content (AvgIpc) is 2.40. The lowest BCUT2D eigenvalue weighted by Gasteiger charge is -2.00. The average molecular weight is 168 g/mol. The molecule has 1 unspecified atom stereocenters. The first-order chi connectivity index (χ1) is 4.83. The minimum atomic E-state index is -0.937. The summed E-state index contributed by atoms with van der Waals surface area (Å²) in [7, 11) is -0.0645. The Labute approximate surface area is 66.4 Å². The van der Waals surface area contributed by atoms with Gasteiger partial charge in [-0.15, -0.1) is 0 Å². The van der Waals surface area contributed by atoms with Gasteiger partial charge in [-0.25, -0.2) is 0 Å². The standard InChI is InChI=1S/C7H12OSi2/c1-10(8-9)6-7-4-2-3-5-7/h2-6,10H,1,9H3. The van der Waals surface area contributed by atoms with Gasteiger partial charge in [-0.3, -0.25) is 0 Å². The second-order valence-electron chi connectivity index (χ2n) is 2.33. The fraction of sp³-hybridized carbons (Fsp3) is 0.143. The Kier molecular flexibility index (Phi) is 2.86. The molecular formula is C7H12OSi2. The first kappa shape index (κ1) is 7.72. The molecule has 1 nitrogen and oxygen atoms in total. The third-order valence-corrected chi connectivity index (χ3v) is 5.32. The summed E-state index contributed by atoms with van der Waals surface area (Å²) in [4.78, 5) is 0. The van der Waals surface area contributed by atoms with E-state index in [9.17, 15) is 0 Å². The molecule has 3 heteroatoms. The van der Waals surface area contributed by atoms with Gasteiger partial charge < -0.3 is 4.12 Å². The molecule has 0 spiro atoms. The largest absolute Gasteiger partial charge is 0.463 e. The van der Waals surface area contributed by atoms with Crippen LogP contribution in [0.2, 0.25) is 6.55 Å². The summed E-state index contributed by atoms with van der Waals surface area (Å²) >= 11 is 0. The van der Waals surface area contributed by atoms with Gasteiger partial charge in [0.05, 0.1) is 0 Å². The van der Waals surface area contributed by atoms with Crippen LogP contribution in [0.5, 0.6) is 0 Å². The fourth-order valence-corrected chi connectivity index (χ4v) is 2.15. The van der Waals surface area contributed by atoms with Crippen molar-refractivity contribution in [1.82, 2.24) is 0 Å². The van der Waals surface area contributed by atoms with E-state index in [0.717, 1.165) is 10.5 Å². The molecule has 1 rings (SSSR count). The Hall–Kier alpha value is -0.386. The van der Waals surface area contributed by atoms with Crippen molar-refractivity contribution in [2.24, 2.45) is 0 Å². The van der Waals surface area contributed by atoms with Crippen LogP contribution in [0.25, 0.3) is 0 Å². The lowest BCUT2D eigenvalue weighted by Crippen LogP contribution is -2.07. The molecule has 0 aliphatic heterocycles. The molecule has 0 fully saturated rings. The second kappa shape index (κ2) is 3.70. The zero-order valence-corrected chi connectivity index (χ0v) is 9.53. The van der Waals surface area contributed by atoms with Crippen LogP contribution in [0, 0.1) is 0 Å². The van der Waals surface area contributed by atoms with E-state index in [2.05, 4.69) is 36.6 Å². The monoisotopic (exact) mass is 168 g/mol. The van der Waals surface area contributed by atoms with E-state index in [1.165, 1.54) is 5.57 Å². The van der Waals surface area contributed by atoms with Gasteiger partial charge in [-0.05, 0) is 12.1 Å². The minimum Gasteiger partial charge on any atom is -0.463 e. The van der Waals surface area contributed by atoms with Crippen molar-refractivity contribution in [2.45, 2.75) is 6.55 Å². The lowest BCUT2D eigenvalue weighted by molar-refractivity contribution is 0.653. The van der Waals surface area contributed by atoms with Crippen LogP contribution in [0.3, 0.4) is 0 Å². The predicted molar refractivity (Wildman–Crippen MR) is 50.4 cm³/mol. The number of hydrogen-bond donors (Lipinski definition) is 0. The smallest absolute Gasteiger partial charge is 0.185 e. The van der Waals surface area contributed by atoms with Gasteiger partial charge in [0, 0.05) is 0 Å². The zero-order valence-electron chi connectivity index (χ0n) is 6.37. The molecule has 0 heterocycles. The molecule has 10 heavy (non-hydrogen) atoms. The van der Waals surface area contributed by atoms with Crippen molar-refractivity contribution < 1.29 is 4.12 Å². The van der Waals surface area contributed by atoms with Crippen molar-refractivity contribution in [3.05, 3.63) is 35.6 Å². The Morgan fingerprint density at radius 1 is 1.50 bits per heavy atom. The van der Waals surface area contributed by atoms with Gasteiger partial charge in [0.25, 0.3) is 0 Å². The van der Waals surface area contributed by atoms with Gasteiger partial charge >= 0.3 is 0 Å². The molecule has 0 saturated heterocycles. The summed E-state index contributed by atoms with van der Waals surface area (Å²) in [5.74, 6) is 0. The van der Waals surface area contributed by atoms with E-state index in [1.807, 2.05) is 0 Å². The predicted octanol–water partition coefficient (Wildman–Crippen LogP) is 0.229. The molecule has 0 aromatic carbocycles. The number of allylic oxidation sites excluding steroid dienone is 5. The molecule has 1 aliphatic carbocycles. The topological polar surface area (TPSA) is 9.23 Å². The summed E-state index contributed by atoms with van der Waals surface area (Å²) in [6.45, 7) is 2.19. The van der Waals surface area contributed by atoms with Gasteiger partial charge in [0.1, 0.15) is 10.5 Å². The second-order valence-corrected chi connectivity index (χ2v) is 5.95. The normalized spacial score (nSPS) is 18.3. The van der Waals surface area contributed by atoms with Crippen LogP contribution in [0.4, 0.5) is 0 Å². The Morgan fingerprint density at radius 2 is 2.10 bits per heavy atom. The molecule has 0 N–H and O–H groups in total. The maximum Gasteiger partial charge on any atom is 0.185 e. The molecule has 0 aromatic heterocycles. The highest BCUT2D eigenvalue weighted by atomic mass is 28.3. The van der Waals surface area contributed by atoms with Crippen molar-refractivity contribution in [2.75, 3.05) is 0 Å². The summed E-state index contributed by atoms with van der Waals surface area (Å²) in [5, 5.41) is 0. The van der Waals surface area contributed by atoms with Gasteiger partial charge in [-0.1, -0.05) is 30.0 Å². The van der Waals surface area contributed by atoms with Crippen LogP contribution in [-0.2, 0) is 4.12 Å². The van der Waals surface area contributed by atoms with Crippen molar-refractivity contribution in [3.8, 4) is 0 Å². The highest BCUT2D eigenvalue weighted by Crippen LogP contribution is 2.07. The van der Waals surface area contributed by atoms with Crippen LogP contribution in [-0.4, -0.2) is 19.5 Å². The highest BCUT2D eigenvalue weighted by Gasteiger charge is 1.97. The fourth-order valence-electron chi connectivity index (χ4n) is 0.839. The maximum atomic E-state index is 5.35. The zero-order chi connectivity index (χ0) is 7.40. The highest BCUT2D eigenvalue weighted by molar-refractivity contribution is 6.59. The van der Waals surface area contributed by atoms with E-state index < -0.39 is 9.04 Å². The quantitative estimate of drug-likeness (QED) is 0.536. The molecule has 0 aromatic rings. The first-order valence-electron chi connectivity index (χ1n) is 3.42. The third kappa shape index (κ3) is 2.09. The third-order valence-electron chi connectivity index (χ3n) is 1.49. The Bertz CT molecular complexity index is 180. The SMILES string of the molecule is C[SiH](C=C1C=CC=C1)O[SiH3]. The molecule has 0 bridgehead atoms. The summed E-state index contributed by atoms with van der Waals surface area (Å²) in [6.07, 6.45) is 8.34. The molecule has 1 aliphatic rings. The van der Waals surface area contributed by atoms with E-state index in [1.54, 1.807) is 0 Å². The van der Waals surface area contributed by atoms with E-state index in [4.69, 9.17) is 4.12 Å². The molecule has 0 radical (unpaired) electrons. The minimum absolute atomic E-state index is 0.873. The summed E-state index contributed by atoms with van der Waals surface area (Å²) < 4.78 is 5.35. The van der Waals surface area contributed by atoms with E-state index >= 15 is 0 Å². The van der Waals surface area contributed by atoms with Crippen LogP contribution in [0.1, 0.15) is 0 Å². The number of rotatable bonds is 2. The first-order valence-corrected chi connectivity index (χ1v) is 6.53. The summed E-state index contributed by atoms with van der Waals surface area (Å²) in [6, 6.07) is 0. The lowest BCUT2D eigenvalue weighted by atomic mass is 10.3. The van der Waals surface area contributed by atoms with Crippen molar-refractivity contribution >= 4 is 19.5 Å². The summed E-state index contributed by atoms with van der Waals surface area (Å²) in [5.41, 5.74) is 3.57. The van der Waals surface area contributed by atoms with Crippen molar-refractivity contribution in [1.29, 1.82) is 0 Å². The Morgan fingerprint density at radius 3 is 2.60 bits per heavy atom. The van der Waals surface area contributed by atoms with Gasteiger partial charge in [0.2, 0.25) is 0 Å². The molecule has 54 valence electrons. The van der Waals surface area contributed by atoms with Crippen LogP contribution >= 0.6 is 0 Å². The number of hydrogen-bond acceptors (Lipinski definition) is 1. The maximum absolute atomic E-state index is 5.35. The molecular weight excluding hydrogens is 156 g/mol. The molecule has 1 atom stereocenters. The van der Waals surface area contributed by atoms with Gasteiger partial charge in [0.15, 0.2) is 9.04 Å². The Balaban J connectivity index is 2.54. The molecule has 0 saturated carbocycles. The van der Waals surface area contributed by atoms with Crippen LogP contribution < -0.4 is 0 Å². The van der Waals surface area contributed by atoms with Crippen LogP contribution in [0.15, 0.2) is 35.6 Å². The molecule has 0 amide bonds. The van der Waals surface area contributed by atoms with E-state index in [0.29, 0.717) is 0 Å². The van der Waals surface area contributed by atoms with Gasteiger partial charge in [-0.2, -0.15) is 0 Å².